The fourth-order valence-electron chi connectivity index (χ4n) is 2.90. The molecule has 2 rings (SSSR count). The minimum atomic E-state index is 0. The number of piperidine rings is 1. The van der Waals surface area contributed by atoms with Crippen molar-refractivity contribution in [2.24, 2.45) is 10.9 Å². The Morgan fingerprint density at radius 2 is 1.93 bits per heavy atom. The molecule has 0 atom stereocenters. The lowest BCUT2D eigenvalue weighted by Crippen LogP contribution is -2.43. The number of guanidine groups is 1. The maximum Gasteiger partial charge on any atom is 0.243 e. The molecule has 8 heteroatoms. The van der Waals surface area contributed by atoms with Gasteiger partial charge in [0.1, 0.15) is 6.54 Å². The summed E-state index contributed by atoms with van der Waals surface area (Å²) in [5, 5.41) is 6.70. The number of amides is 1. The Bertz CT molecular complexity index is 573. The van der Waals surface area contributed by atoms with Gasteiger partial charge in [-0.25, -0.2) is 4.99 Å². The summed E-state index contributed by atoms with van der Waals surface area (Å²) >= 11 is 0. The first-order valence-electron chi connectivity index (χ1n) is 9.47. The van der Waals surface area contributed by atoms with Crippen molar-refractivity contribution < 1.29 is 4.79 Å². The highest BCUT2D eigenvalue weighted by atomic mass is 127. The van der Waals surface area contributed by atoms with Gasteiger partial charge in [-0.2, -0.15) is 0 Å². The number of pyridine rings is 1. The summed E-state index contributed by atoms with van der Waals surface area (Å²) in [5.74, 6) is 1.36. The lowest BCUT2D eigenvalue weighted by molar-refractivity contribution is -0.127. The monoisotopic (exact) mass is 488 g/mol. The van der Waals surface area contributed by atoms with Gasteiger partial charge in [0.2, 0.25) is 5.91 Å². The second-order valence-corrected chi connectivity index (χ2v) is 6.90. The smallest absolute Gasteiger partial charge is 0.243 e. The molecule has 27 heavy (non-hydrogen) atoms. The minimum Gasteiger partial charge on any atom is -0.371 e. The third-order valence-electron chi connectivity index (χ3n) is 4.61. The van der Waals surface area contributed by atoms with Crippen LogP contribution in [0.15, 0.2) is 29.5 Å². The number of hydrogen-bond acceptors (Lipinski definition) is 4. The van der Waals surface area contributed by atoms with E-state index in [0.29, 0.717) is 5.92 Å². The molecule has 7 nitrogen and oxygen atoms in total. The number of nitrogens with zero attached hydrogens (tertiary/aromatic N) is 4. The molecule has 2 N–H and O–H groups in total. The first-order chi connectivity index (χ1) is 12.6. The molecule has 0 saturated carbocycles. The summed E-state index contributed by atoms with van der Waals surface area (Å²) in [7, 11) is 3.50. The van der Waals surface area contributed by atoms with Gasteiger partial charge >= 0.3 is 0 Å². The average Bonchev–Trinajstić information content (AvgIpc) is 2.68. The predicted octanol–water partition coefficient (Wildman–Crippen LogP) is 1.95. The van der Waals surface area contributed by atoms with E-state index in [1.54, 1.807) is 19.0 Å². The lowest BCUT2D eigenvalue weighted by atomic mass is 9.96. The van der Waals surface area contributed by atoms with Crippen molar-refractivity contribution in [3.8, 4) is 0 Å². The molecule has 0 spiro atoms. The number of likely N-dealkylation sites (N-methyl/N-ethyl adjacent to an activating group) is 1. The molecule has 0 unspecified atom stereocenters. The molecule has 0 bridgehead atoms. The van der Waals surface area contributed by atoms with Gasteiger partial charge in [0.05, 0.1) is 0 Å². The summed E-state index contributed by atoms with van der Waals surface area (Å²) in [4.78, 5) is 24.2. The van der Waals surface area contributed by atoms with E-state index in [4.69, 9.17) is 0 Å². The highest BCUT2D eigenvalue weighted by Crippen LogP contribution is 2.22. The van der Waals surface area contributed by atoms with Crippen LogP contribution in [0.2, 0.25) is 0 Å². The number of carbonyl (C=O) groups is 1. The van der Waals surface area contributed by atoms with Crippen LogP contribution in [-0.2, 0) is 4.79 Å². The molecule has 152 valence electrons. The molecule has 2 heterocycles. The van der Waals surface area contributed by atoms with Crippen molar-refractivity contribution >= 4 is 41.5 Å². The molecule has 1 aliphatic heterocycles. The zero-order valence-electron chi connectivity index (χ0n) is 16.6. The number of halogens is 1. The highest BCUT2D eigenvalue weighted by molar-refractivity contribution is 14.0. The van der Waals surface area contributed by atoms with Gasteiger partial charge in [0, 0.05) is 58.4 Å². The third-order valence-corrected chi connectivity index (χ3v) is 4.61. The van der Waals surface area contributed by atoms with Gasteiger partial charge in [-0.3, -0.25) is 9.78 Å². The molecule has 0 aromatic carbocycles. The van der Waals surface area contributed by atoms with Crippen LogP contribution in [-0.4, -0.2) is 68.6 Å². The first kappa shape index (κ1) is 23.5. The van der Waals surface area contributed by atoms with Crippen LogP contribution in [0.4, 0.5) is 5.69 Å². The van der Waals surface area contributed by atoms with Gasteiger partial charge in [0.25, 0.3) is 0 Å². The quantitative estimate of drug-likeness (QED) is 0.349. The van der Waals surface area contributed by atoms with Crippen LogP contribution < -0.4 is 15.5 Å². The average molecular weight is 488 g/mol. The second-order valence-electron chi connectivity index (χ2n) is 6.90. The van der Waals surface area contributed by atoms with Crippen LogP contribution in [0.5, 0.6) is 0 Å². The van der Waals surface area contributed by atoms with Gasteiger partial charge in [-0.05, 0) is 37.3 Å². The van der Waals surface area contributed by atoms with E-state index in [1.807, 2.05) is 12.4 Å². The van der Waals surface area contributed by atoms with Gasteiger partial charge in [0.15, 0.2) is 5.96 Å². The van der Waals surface area contributed by atoms with Crippen LogP contribution in [0.1, 0.15) is 26.2 Å². The molecule has 1 aromatic heterocycles. The van der Waals surface area contributed by atoms with Crippen molar-refractivity contribution in [1.29, 1.82) is 0 Å². The standard InChI is InChI=1S/C19H32N6O.HI/c1-4-9-21-19(23-15-18(26)24(2)3)22-14-16-7-12-25(13-8-16)17-5-10-20-11-6-17;/h5-6,10-11,16H,4,7-9,12-15H2,1-3H3,(H2,21,22,23);1H. The summed E-state index contributed by atoms with van der Waals surface area (Å²) in [6.45, 7) is 6.14. The maximum absolute atomic E-state index is 11.8. The molecule has 1 aromatic rings. The minimum absolute atomic E-state index is 0. The Hall–Kier alpha value is -1.58. The Kier molecular flexibility index (Phi) is 11.1. The molecule has 1 saturated heterocycles. The van der Waals surface area contributed by atoms with Crippen molar-refractivity contribution in [1.82, 2.24) is 20.5 Å². The highest BCUT2D eigenvalue weighted by Gasteiger charge is 2.19. The Balaban J connectivity index is 0.00000364. The number of aromatic nitrogens is 1. The van der Waals surface area contributed by atoms with E-state index in [9.17, 15) is 4.79 Å². The number of hydrogen-bond donors (Lipinski definition) is 2. The molecule has 1 aliphatic rings. The van der Waals surface area contributed by atoms with E-state index in [0.717, 1.165) is 51.4 Å². The van der Waals surface area contributed by atoms with Crippen LogP contribution in [0, 0.1) is 5.92 Å². The Morgan fingerprint density at radius 1 is 1.26 bits per heavy atom. The lowest BCUT2D eigenvalue weighted by Gasteiger charge is -2.33. The number of aliphatic imine (C=N–C) groups is 1. The van der Waals surface area contributed by atoms with Crippen LogP contribution in [0.3, 0.4) is 0 Å². The van der Waals surface area contributed by atoms with Gasteiger partial charge < -0.3 is 20.4 Å². The fraction of sp³-hybridized carbons (Fsp3) is 0.632. The largest absolute Gasteiger partial charge is 0.371 e. The van der Waals surface area contributed by atoms with E-state index >= 15 is 0 Å². The molecular formula is C19H33IN6O. The van der Waals surface area contributed by atoms with E-state index in [-0.39, 0.29) is 36.4 Å². The molecule has 0 aliphatic carbocycles. The zero-order chi connectivity index (χ0) is 18.8. The van der Waals surface area contributed by atoms with Crippen molar-refractivity contribution in [3.63, 3.8) is 0 Å². The summed E-state index contributed by atoms with van der Waals surface area (Å²) in [6, 6.07) is 4.14. The Labute approximate surface area is 180 Å². The van der Waals surface area contributed by atoms with E-state index in [2.05, 4.69) is 44.6 Å². The zero-order valence-corrected chi connectivity index (χ0v) is 19.0. The van der Waals surface area contributed by atoms with E-state index < -0.39 is 0 Å². The fourth-order valence-corrected chi connectivity index (χ4v) is 2.90. The number of nitrogens with one attached hydrogen (secondary N) is 2. The van der Waals surface area contributed by atoms with Crippen molar-refractivity contribution in [2.75, 3.05) is 51.7 Å². The van der Waals surface area contributed by atoms with Crippen molar-refractivity contribution in [2.45, 2.75) is 26.2 Å². The summed E-state index contributed by atoms with van der Waals surface area (Å²) < 4.78 is 0. The topological polar surface area (TPSA) is 72.9 Å². The van der Waals surface area contributed by atoms with Crippen molar-refractivity contribution in [3.05, 3.63) is 24.5 Å². The summed E-state index contributed by atoms with van der Waals surface area (Å²) in [6.07, 6.45) is 7.01. The first-order valence-corrected chi connectivity index (χ1v) is 9.47. The van der Waals surface area contributed by atoms with Gasteiger partial charge in [-0.1, -0.05) is 6.92 Å². The number of rotatable bonds is 7. The van der Waals surface area contributed by atoms with Crippen LogP contribution in [0.25, 0.3) is 0 Å². The molecule has 0 radical (unpaired) electrons. The normalized spacial score (nSPS) is 15.1. The van der Waals surface area contributed by atoms with Crippen LogP contribution >= 0.6 is 24.0 Å². The number of anilines is 1. The molecule has 1 fully saturated rings. The third kappa shape index (κ3) is 8.32. The van der Waals surface area contributed by atoms with E-state index in [1.165, 1.54) is 5.69 Å². The number of carbonyl (C=O) groups excluding carboxylic acids is 1. The predicted molar refractivity (Wildman–Crippen MR) is 122 cm³/mol. The SMILES string of the molecule is CCCNC(=NCC(=O)N(C)C)NCC1CCN(c2ccncc2)CC1.I. The Morgan fingerprint density at radius 3 is 2.52 bits per heavy atom. The van der Waals surface area contributed by atoms with Gasteiger partial charge in [-0.15, -0.1) is 24.0 Å². The maximum atomic E-state index is 11.8. The summed E-state index contributed by atoms with van der Waals surface area (Å²) in [5.41, 5.74) is 1.25. The molecule has 1 amide bonds. The second kappa shape index (κ2) is 12.7. The molecular weight excluding hydrogens is 455 g/mol.